The summed E-state index contributed by atoms with van der Waals surface area (Å²) >= 11 is 0. The molecular weight excluding hydrogens is 263 g/mol. The molecule has 0 aromatic heterocycles. The molecule has 0 aliphatic carbocycles. The number of sulfonamides is 1. The van der Waals surface area contributed by atoms with Crippen molar-refractivity contribution in [1.29, 1.82) is 0 Å². The van der Waals surface area contributed by atoms with Crippen molar-refractivity contribution in [2.45, 2.75) is 38.2 Å². The van der Waals surface area contributed by atoms with Crippen LogP contribution in [0, 0.1) is 0 Å². The molecule has 17 heavy (non-hydrogen) atoms. The third-order valence-corrected chi connectivity index (χ3v) is 4.33. The average molecular weight is 277 g/mol. The van der Waals surface area contributed by atoms with Gasteiger partial charge in [-0.05, 0) is 20.8 Å². The molecule has 0 bridgehead atoms. The summed E-state index contributed by atoms with van der Waals surface area (Å²) in [6.45, 7) is 1.64. The first-order valence-corrected chi connectivity index (χ1v) is 6.20. The molecule has 0 aromatic carbocycles. The van der Waals surface area contributed by atoms with Gasteiger partial charge < -0.3 is 5.11 Å². The maximum atomic E-state index is 12.2. The fourth-order valence-corrected chi connectivity index (χ4v) is 2.65. The maximum absolute atomic E-state index is 12.2. The molecule has 9 heteroatoms. The number of aliphatic carboxylic acids is 1. The Morgan fingerprint density at radius 2 is 1.71 bits per heavy atom. The van der Waals surface area contributed by atoms with Gasteiger partial charge in [-0.1, -0.05) is 0 Å². The summed E-state index contributed by atoms with van der Waals surface area (Å²) in [6.07, 6.45) is -4.71. The number of carboxylic acids is 1. The molecule has 102 valence electrons. The molecule has 0 aliphatic heterocycles. The topological polar surface area (TPSA) is 74.7 Å². The molecule has 0 rings (SSSR count). The number of hydrogen-bond acceptors (Lipinski definition) is 3. The Hall–Kier alpha value is -0.830. The van der Waals surface area contributed by atoms with Gasteiger partial charge in [0.15, 0.2) is 5.25 Å². The van der Waals surface area contributed by atoms with E-state index in [-0.39, 0.29) is 4.31 Å². The van der Waals surface area contributed by atoms with E-state index in [0.29, 0.717) is 0 Å². The van der Waals surface area contributed by atoms with Gasteiger partial charge in [0.1, 0.15) is 6.54 Å². The summed E-state index contributed by atoms with van der Waals surface area (Å²) in [5.74, 6) is -1.68. The number of alkyl halides is 3. The van der Waals surface area contributed by atoms with Crippen molar-refractivity contribution >= 4 is 16.0 Å². The highest BCUT2D eigenvalue weighted by Crippen LogP contribution is 2.22. The van der Waals surface area contributed by atoms with Crippen molar-refractivity contribution in [2.24, 2.45) is 0 Å². The Kier molecular flexibility index (Phi) is 4.96. The minimum absolute atomic E-state index is 0.145. The van der Waals surface area contributed by atoms with Crippen molar-refractivity contribution in [3.63, 3.8) is 0 Å². The van der Waals surface area contributed by atoms with E-state index >= 15 is 0 Å². The van der Waals surface area contributed by atoms with E-state index in [0.717, 1.165) is 6.92 Å². The monoisotopic (exact) mass is 277 g/mol. The van der Waals surface area contributed by atoms with Gasteiger partial charge in [0.25, 0.3) is 0 Å². The first kappa shape index (κ1) is 16.2. The summed E-state index contributed by atoms with van der Waals surface area (Å²) in [7, 11) is -4.52. The van der Waals surface area contributed by atoms with E-state index in [1.54, 1.807) is 0 Å². The van der Waals surface area contributed by atoms with Gasteiger partial charge >= 0.3 is 12.1 Å². The first-order valence-electron chi connectivity index (χ1n) is 4.69. The SMILES string of the molecule is CC(C)N(CC(F)(F)F)S(=O)(=O)C(C)C(=O)O. The number of nitrogens with zero attached hydrogens (tertiary/aromatic N) is 1. The number of carbonyl (C=O) groups is 1. The Labute approximate surface area is 97.3 Å². The molecule has 0 aromatic rings. The molecule has 0 fully saturated rings. The van der Waals surface area contributed by atoms with Gasteiger partial charge in [0.2, 0.25) is 10.0 Å². The second-order valence-electron chi connectivity index (χ2n) is 3.78. The standard InChI is InChI=1S/C8H14F3NO4S/c1-5(2)12(4-8(9,10)11)17(15,16)6(3)7(13)14/h5-6H,4H2,1-3H3,(H,13,14). The molecule has 0 amide bonds. The smallest absolute Gasteiger partial charge is 0.402 e. The van der Waals surface area contributed by atoms with E-state index < -0.39 is 40.0 Å². The molecule has 1 unspecified atom stereocenters. The number of rotatable bonds is 5. The highest BCUT2D eigenvalue weighted by Gasteiger charge is 2.42. The van der Waals surface area contributed by atoms with Crippen LogP contribution in [0.1, 0.15) is 20.8 Å². The van der Waals surface area contributed by atoms with Crippen LogP contribution in [0.2, 0.25) is 0 Å². The zero-order chi connectivity index (χ0) is 14.0. The molecule has 0 heterocycles. The van der Waals surface area contributed by atoms with Crippen molar-refractivity contribution in [1.82, 2.24) is 4.31 Å². The molecule has 1 atom stereocenters. The lowest BCUT2D eigenvalue weighted by Gasteiger charge is -2.28. The van der Waals surface area contributed by atoms with Gasteiger partial charge in [-0.2, -0.15) is 17.5 Å². The van der Waals surface area contributed by atoms with Crippen LogP contribution in [-0.2, 0) is 14.8 Å². The lowest BCUT2D eigenvalue weighted by molar-refractivity contribution is -0.140. The van der Waals surface area contributed by atoms with E-state index in [2.05, 4.69) is 0 Å². The predicted octanol–water partition coefficient (Wildman–Crippen LogP) is 1.06. The molecule has 0 spiro atoms. The maximum Gasteiger partial charge on any atom is 0.402 e. The minimum Gasteiger partial charge on any atom is -0.480 e. The Morgan fingerprint density at radius 1 is 1.29 bits per heavy atom. The summed E-state index contributed by atoms with van der Waals surface area (Å²) in [6, 6.07) is -0.969. The van der Waals surface area contributed by atoms with Gasteiger partial charge in [-0.15, -0.1) is 0 Å². The third-order valence-electron chi connectivity index (χ3n) is 2.03. The largest absolute Gasteiger partial charge is 0.480 e. The van der Waals surface area contributed by atoms with Crippen LogP contribution in [0.25, 0.3) is 0 Å². The summed E-state index contributed by atoms with van der Waals surface area (Å²) in [4.78, 5) is 10.6. The third kappa shape index (κ3) is 4.50. The van der Waals surface area contributed by atoms with Gasteiger partial charge in [-0.25, -0.2) is 8.42 Å². The van der Waals surface area contributed by atoms with Crippen molar-refractivity contribution in [3.8, 4) is 0 Å². The van der Waals surface area contributed by atoms with Crippen LogP contribution in [-0.4, -0.2) is 47.8 Å². The first-order chi connectivity index (χ1) is 7.39. The van der Waals surface area contributed by atoms with Crippen LogP contribution < -0.4 is 0 Å². The molecule has 0 saturated carbocycles. The number of halogens is 3. The van der Waals surface area contributed by atoms with Crippen LogP contribution in [0.4, 0.5) is 13.2 Å². The van der Waals surface area contributed by atoms with Crippen molar-refractivity contribution in [3.05, 3.63) is 0 Å². The summed E-state index contributed by atoms with van der Waals surface area (Å²) in [5.41, 5.74) is 0. The Balaban J connectivity index is 5.28. The summed E-state index contributed by atoms with van der Waals surface area (Å²) in [5, 5.41) is 6.65. The zero-order valence-corrected chi connectivity index (χ0v) is 10.3. The highest BCUT2D eigenvalue weighted by atomic mass is 32.2. The predicted molar refractivity (Wildman–Crippen MR) is 53.9 cm³/mol. The van der Waals surface area contributed by atoms with Gasteiger partial charge in [0.05, 0.1) is 0 Å². The fourth-order valence-electron chi connectivity index (χ4n) is 1.07. The lowest BCUT2D eigenvalue weighted by atomic mass is 10.4. The quantitative estimate of drug-likeness (QED) is 0.815. The second kappa shape index (κ2) is 5.21. The molecule has 0 radical (unpaired) electrons. The lowest BCUT2D eigenvalue weighted by Crippen LogP contribution is -2.48. The van der Waals surface area contributed by atoms with Crippen LogP contribution in [0.3, 0.4) is 0 Å². The van der Waals surface area contributed by atoms with Crippen LogP contribution in [0.5, 0.6) is 0 Å². The minimum atomic E-state index is -4.71. The van der Waals surface area contributed by atoms with E-state index in [1.165, 1.54) is 13.8 Å². The molecule has 1 N–H and O–H groups in total. The number of carboxylic acid groups (broad SMARTS) is 1. The van der Waals surface area contributed by atoms with Gasteiger partial charge in [-0.3, -0.25) is 4.79 Å². The molecule has 0 aliphatic rings. The molecule has 5 nitrogen and oxygen atoms in total. The second-order valence-corrected chi connectivity index (χ2v) is 5.99. The van der Waals surface area contributed by atoms with Crippen molar-refractivity contribution < 1.29 is 31.5 Å². The van der Waals surface area contributed by atoms with E-state index in [9.17, 15) is 26.4 Å². The summed E-state index contributed by atoms with van der Waals surface area (Å²) < 4.78 is 60.0. The van der Waals surface area contributed by atoms with Crippen LogP contribution in [0.15, 0.2) is 0 Å². The Bertz CT molecular complexity index is 377. The fraction of sp³-hybridized carbons (Fsp3) is 0.875. The number of hydrogen-bond donors (Lipinski definition) is 1. The van der Waals surface area contributed by atoms with E-state index in [1.807, 2.05) is 0 Å². The normalized spacial score (nSPS) is 15.3. The zero-order valence-electron chi connectivity index (χ0n) is 9.52. The van der Waals surface area contributed by atoms with Crippen molar-refractivity contribution in [2.75, 3.05) is 6.54 Å². The Morgan fingerprint density at radius 3 is 1.94 bits per heavy atom. The average Bonchev–Trinajstić information content (AvgIpc) is 2.10. The molecular formula is C8H14F3NO4S. The van der Waals surface area contributed by atoms with Crippen LogP contribution >= 0.6 is 0 Å². The molecule has 0 saturated heterocycles. The van der Waals surface area contributed by atoms with E-state index in [4.69, 9.17) is 5.11 Å². The highest BCUT2D eigenvalue weighted by molar-refractivity contribution is 7.90. The van der Waals surface area contributed by atoms with Gasteiger partial charge in [0, 0.05) is 6.04 Å².